The first kappa shape index (κ1) is 16.2. The minimum absolute atomic E-state index is 0.0901. The van der Waals surface area contributed by atoms with Gasteiger partial charge in [0.15, 0.2) is 0 Å². The van der Waals surface area contributed by atoms with Crippen molar-refractivity contribution in [1.82, 2.24) is 5.32 Å². The van der Waals surface area contributed by atoms with Crippen molar-refractivity contribution in [3.05, 3.63) is 35.9 Å². The predicted octanol–water partition coefficient (Wildman–Crippen LogP) is 2.51. The van der Waals surface area contributed by atoms with Crippen LogP contribution in [-0.2, 0) is 16.1 Å². The fraction of sp³-hybridized carbons (Fsp3) is 0.500. The van der Waals surface area contributed by atoms with Crippen molar-refractivity contribution in [3.8, 4) is 6.07 Å². The zero-order chi connectivity index (χ0) is 15.0. The standard InChI is InChI=1S/C16H22N2O2/c1-13(9-17)10-18-15(19)16(2,3)12-20-11-14-7-5-4-6-8-14/h4-8,13H,10-12H2,1-3H3,(H,18,19)/t13-/m1/s1. The first-order valence-corrected chi connectivity index (χ1v) is 6.75. The van der Waals surface area contributed by atoms with E-state index in [1.54, 1.807) is 6.92 Å². The van der Waals surface area contributed by atoms with Crippen molar-refractivity contribution in [2.45, 2.75) is 27.4 Å². The summed E-state index contributed by atoms with van der Waals surface area (Å²) >= 11 is 0. The molecule has 4 nitrogen and oxygen atoms in total. The van der Waals surface area contributed by atoms with Crippen molar-refractivity contribution in [2.75, 3.05) is 13.2 Å². The molecule has 0 fully saturated rings. The number of rotatable bonds is 7. The molecule has 108 valence electrons. The van der Waals surface area contributed by atoms with Gasteiger partial charge in [-0.2, -0.15) is 5.26 Å². The van der Waals surface area contributed by atoms with E-state index in [0.717, 1.165) is 5.56 Å². The minimum Gasteiger partial charge on any atom is -0.376 e. The summed E-state index contributed by atoms with van der Waals surface area (Å²) in [5, 5.41) is 11.5. The Bertz CT molecular complexity index is 463. The van der Waals surface area contributed by atoms with Gasteiger partial charge in [-0.25, -0.2) is 0 Å². The van der Waals surface area contributed by atoms with Gasteiger partial charge in [0.05, 0.1) is 30.6 Å². The van der Waals surface area contributed by atoms with Gasteiger partial charge < -0.3 is 10.1 Å². The highest BCUT2D eigenvalue weighted by molar-refractivity contribution is 5.81. The maximum absolute atomic E-state index is 12.0. The van der Waals surface area contributed by atoms with Crippen LogP contribution >= 0.6 is 0 Å². The highest BCUT2D eigenvalue weighted by atomic mass is 16.5. The first-order chi connectivity index (χ1) is 9.45. The molecule has 1 atom stereocenters. The average Bonchev–Trinajstić information content (AvgIpc) is 2.45. The predicted molar refractivity (Wildman–Crippen MR) is 77.7 cm³/mol. The van der Waals surface area contributed by atoms with Gasteiger partial charge in [-0.1, -0.05) is 30.3 Å². The highest BCUT2D eigenvalue weighted by Crippen LogP contribution is 2.17. The molecule has 1 aromatic carbocycles. The molecule has 4 heteroatoms. The Morgan fingerprint density at radius 1 is 1.40 bits per heavy atom. The smallest absolute Gasteiger partial charge is 0.228 e. The second-order valence-corrected chi connectivity index (χ2v) is 5.60. The molecule has 0 aliphatic rings. The van der Waals surface area contributed by atoms with Crippen molar-refractivity contribution >= 4 is 5.91 Å². The lowest BCUT2D eigenvalue weighted by Gasteiger charge is -2.23. The molecule has 0 aliphatic heterocycles. The van der Waals surface area contributed by atoms with E-state index in [1.165, 1.54) is 0 Å². The molecule has 0 heterocycles. The van der Waals surface area contributed by atoms with E-state index >= 15 is 0 Å². The number of nitriles is 1. The van der Waals surface area contributed by atoms with E-state index in [2.05, 4.69) is 11.4 Å². The van der Waals surface area contributed by atoms with E-state index in [-0.39, 0.29) is 11.8 Å². The quantitative estimate of drug-likeness (QED) is 0.831. The molecule has 1 rings (SSSR count). The summed E-state index contributed by atoms with van der Waals surface area (Å²) in [7, 11) is 0. The zero-order valence-corrected chi connectivity index (χ0v) is 12.3. The van der Waals surface area contributed by atoms with Gasteiger partial charge in [-0.15, -0.1) is 0 Å². The second kappa shape index (κ2) is 7.66. The van der Waals surface area contributed by atoms with Crippen LogP contribution in [0.1, 0.15) is 26.3 Å². The highest BCUT2D eigenvalue weighted by Gasteiger charge is 2.28. The van der Waals surface area contributed by atoms with Gasteiger partial charge in [0, 0.05) is 6.54 Å². The third kappa shape index (κ3) is 5.41. The fourth-order valence-electron chi connectivity index (χ4n) is 1.59. The normalized spacial score (nSPS) is 12.5. The first-order valence-electron chi connectivity index (χ1n) is 6.75. The van der Waals surface area contributed by atoms with E-state index in [1.807, 2.05) is 44.2 Å². The number of hydrogen-bond acceptors (Lipinski definition) is 3. The zero-order valence-electron chi connectivity index (χ0n) is 12.3. The SMILES string of the molecule is C[C@H](C#N)CNC(=O)C(C)(C)COCc1ccccc1. The summed E-state index contributed by atoms with van der Waals surface area (Å²) in [5.41, 5.74) is 0.478. The van der Waals surface area contributed by atoms with E-state index in [4.69, 9.17) is 10.00 Å². The van der Waals surface area contributed by atoms with Gasteiger partial charge in [0.25, 0.3) is 0 Å². The summed E-state index contributed by atoms with van der Waals surface area (Å²) in [6, 6.07) is 11.9. The van der Waals surface area contributed by atoms with Gasteiger partial charge in [-0.3, -0.25) is 4.79 Å². The Morgan fingerprint density at radius 2 is 2.05 bits per heavy atom. The second-order valence-electron chi connectivity index (χ2n) is 5.60. The van der Waals surface area contributed by atoms with Crippen LogP contribution in [0.15, 0.2) is 30.3 Å². The number of nitrogens with zero attached hydrogens (tertiary/aromatic N) is 1. The van der Waals surface area contributed by atoms with Crippen molar-refractivity contribution in [1.29, 1.82) is 5.26 Å². The number of ether oxygens (including phenoxy) is 1. The van der Waals surface area contributed by atoms with Crippen LogP contribution in [-0.4, -0.2) is 19.1 Å². The van der Waals surface area contributed by atoms with Crippen molar-refractivity contribution in [3.63, 3.8) is 0 Å². The molecule has 1 aromatic rings. The summed E-state index contributed by atoms with van der Waals surface area (Å²) in [5.74, 6) is -0.271. The topological polar surface area (TPSA) is 62.1 Å². The molecule has 0 radical (unpaired) electrons. The van der Waals surface area contributed by atoms with Gasteiger partial charge >= 0.3 is 0 Å². The Hall–Kier alpha value is -1.86. The molecule has 0 aliphatic carbocycles. The minimum atomic E-state index is -0.607. The Kier molecular flexibility index (Phi) is 6.20. The van der Waals surface area contributed by atoms with E-state index < -0.39 is 5.41 Å². The van der Waals surface area contributed by atoms with Crippen LogP contribution in [0, 0.1) is 22.7 Å². The fourth-order valence-corrected chi connectivity index (χ4v) is 1.59. The largest absolute Gasteiger partial charge is 0.376 e. The number of amides is 1. The van der Waals surface area contributed by atoms with Crippen LogP contribution in [0.25, 0.3) is 0 Å². The molecular formula is C16H22N2O2. The van der Waals surface area contributed by atoms with Crippen LogP contribution < -0.4 is 5.32 Å². The Labute approximate surface area is 120 Å². The van der Waals surface area contributed by atoms with Crippen molar-refractivity contribution in [2.24, 2.45) is 11.3 Å². The van der Waals surface area contributed by atoms with E-state index in [0.29, 0.717) is 19.8 Å². The molecule has 20 heavy (non-hydrogen) atoms. The third-order valence-electron chi connectivity index (χ3n) is 2.98. The van der Waals surface area contributed by atoms with Crippen LogP contribution in [0.4, 0.5) is 0 Å². The molecule has 1 amide bonds. The summed E-state index contributed by atoms with van der Waals surface area (Å²) < 4.78 is 5.61. The summed E-state index contributed by atoms with van der Waals surface area (Å²) in [6.45, 7) is 6.66. The van der Waals surface area contributed by atoms with Crippen LogP contribution in [0.3, 0.4) is 0 Å². The summed E-state index contributed by atoms with van der Waals surface area (Å²) in [4.78, 5) is 12.0. The van der Waals surface area contributed by atoms with Crippen LogP contribution in [0.2, 0.25) is 0 Å². The number of carbonyl (C=O) groups is 1. The number of benzene rings is 1. The molecule has 0 spiro atoms. The molecular weight excluding hydrogens is 252 g/mol. The monoisotopic (exact) mass is 274 g/mol. The van der Waals surface area contributed by atoms with Gasteiger partial charge in [0.2, 0.25) is 5.91 Å². The molecule has 1 N–H and O–H groups in total. The van der Waals surface area contributed by atoms with Gasteiger partial charge in [-0.05, 0) is 26.3 Å². The molecule has 0 saturated carbocycles. The Balaban J connectivity index is 2.37. The molecule has 0 unspecified atom stereocenters. The van der Waals surface area contributed by atoms with Gasteiger partial charge in [0.1, 0.15) is 0 Å². The maximum Gasteiger partial charge on any atom is 0.228 e. The lowest BCUT2D eigenvalue weighted by molar-refractivity contribution is -0.133. The number of carbonyl (C=O) groups excluding carboxylic acids is 1. The molecule has 0 bridgehead atoms. The molecule has 0 aromatic heterocycles. The van der Waals surface area contributed by atoms with E-state index in [9.17, 15) is 4.79 Å². The lowest BCUT2D eigenvalue weighted by atomic mass is 9.93. The lowest BCUT2D eigenvalue weighted by Crippen LogP contribution is -2.41. The summed E-state index contributed by atoms with van der Waals surface area (Å²) in [6.07, 6.45) is 0. The Morgan fingerprint density at radius 3 is 2.65 bits per heavy atom. The van der Waals surface area contributed by atoms with Crippen molar-refractivity contribution < 1.29 is 9.53 Å². The number of hydrogen-bond donors (Lipinski definition) is 1. The number of nitrogens with one attached hydrogen (secondary N) is 1. The average molecular weight is 274 g/mol. The molecule has 0 saturated heterocycles. The third-order valence-corrected chi connectivity index (χ3v) is 2.98. The van der Waals surface area contributed by atoms with Crippen LogP contribution in [0.5, 0.6) is 0 Å². The maximum atomic E-state index is 12.0.